The van der Waals surface area contributed by atoms with Gasteiger partial charge in [0.15, 0.2) is 18.0 Å². The number of alkyl halides is 1. The fourth-order valence-corrected chi connectivity index (χ4v) is 3.74. The lowest BCUT2D eigenvalue weighted by Crippen LogP contribution is -2.44. The maximum absolute atomic E-state index is 16.1. The summed E-state index contributed by atoms with van der Waals surface area (Å²) in [7, 11) is -1.86. The van der Waals surface area contributed by atoms with Crippen LogP contribution in [0.5, 0.6) is 0 Å². The van der Waals surface area contributed by atoms with E-state index < -0.39 is 43.2 Å². The molecule has 4 atom stereocenters. The number of imidazole rings is 1. The second kappa shape index (κ2) is 9.76. The van der Waals surface area contributed by atoms with E-state index in [0.717, 1.165) is 0 Å². The molecule has 4 rings (SSSR count). The van der Waals surface area contributed by atoms with Crippen molar-refractivity contribution in [2.45, 2.75) is 31.0 Å². The van der Waals surface area contributed by atoms with Crippen molar-refractivity contribution in [1.82, 2.24) is 9.55 Å². The highest BCUT2D eigenvalue weighted by atomic mass is 19.1. The summed E-state index contributed by atoms with van der Waals surface area (Å²) in [5.41, 5.74) is -1.88. The zero-order valence-electron chi connectivity index (χ0n) is 18.2. The molecular formula is C23H22BFN2O7. The molecule has 0 spiro atoms. The third kappa shape index (κ3) is 4.86. The lowest BCUT2D eigenvalue weighted by atomic mass is 9.87. The highest BCUT2D eigenvalue weighted by Crippen LogP contribution is 2.43. The second-order valence-corrected chi connectivity index (χ2v) is 7.95. The van der Waals surface area contributed by atoms with Crippen LogP contribution in [0.3, 0.4) is 0 Å². The predicted octanol–water partition coefficient (Wildman–Crippen LogP) is 1.27. The standard InChI is InChI=1S/C23H22BFN2O7/c1-23(25)19(34-21(29)16-10-6-3-7-11-16)17(13-32-20(28)15-8-4-2-5-9-15)33-22(23)27-12-18(24(30)31)26-14-27/h2-12,14,17,19,22,30-31H,13H2,1H3/t17-,19-,22-,23-/m1/s1. The zero-order chi connectivity index (χ0) is 24.3. The number of esters is 2. The maximum atomic E-state index is 16.1. The van der Waals surface area contributed by atoms with E-state index >= 15 is 4.39 Å². The lowest BCUT2D eigenvalue weighted by Gasteiger charge is -2.27. The van der Waals surface area contributed by atoms with Gasteiger partial charge in [-0.05, 0) is 31.2 Å². The molecule has 1 aliphatic heterocycles. The van der Waals surface area contributed by atoms with Crippen LogP contribution in [0.15, 0.2) is 73.2 Å². The number of benzene rings is 2. The Hall–Kier alpha value is -3.54. The molecule has 2 N–H and O–H groups in total. The van der Waals surface area contributed by atoms with Gasteiger partial charge in [0.05, 0.1) is 23.0 Å². The molecule has 1 aliphatic rings. The number of rotatable bonds is 7. The Kier molecular flexibility index (Phi) is 6.78. The van der Waals surface area contributed by atoms with E-state index in [1.165, 1.54) is 36.1 Å². The van der Waals surface area contributed by atoms with Crippen LogP contribution in [0, 0.1) is 0 Å². The number of hydrogen-bond donors (Lipinski definition) is 2. The molecule has 11 heteroatoms. The van der Waals surface area contributed by atoms with Crippen LogP contribution in [0.2, 0.25) is 0 Å². The molecule has 34 heavy (non-hydrogen) atoms. The van der Waals surface area contributed by atoms with Crippen molar-refractivity contribution in [3.63, 3.8) is 0 Å². The fraction of sp³-hybridized carbons (Fsp3) is 0.261. The van der Waals surface area contributed by atoms with E-state index in [9.17, 15) is 19.6 Å². The molecular weight excluding hydrogens is 446 g/mol. The Balaban J connectivity index is 1.57. The van der Waals surface area contributed by atoms with Crippen molar-refractivity contribution in [2.24, 2.45) is 0 Å². The smallest absolute Gasteiger partial charge is 0.459 e. The summed E-state index contributed by atoms with van der Waals surface area (Å²) in [4.78, 5) is 28.9. The molecule has 176 valence electrons. The summed E-state index contributed by atoms with van der Waals surface area (Å²) in [5, 5.41) is 18.7. The van der Waals surface area contributed by atoms with E-state index in [4.69, 9.17) is 14.2 Å². The van der Waals surface area contributed by atoms with Gasteiger partial charge in [-0.2, -0.15) is 0 Å². The van der Waals surface area contributed by atoms with Crippen LogP contribution in [-0.4, -0.2) is 63.1 Å². The number of carbonyl (C=O) groups excluding carboxylic acids is 2. The van der Waals surface area contributed by atoms with E-state index in [1.54, 1.807) is 48.5 Å². The normalized spacial score (nSPS) is 23.9. The number of halogens is 1. The van der Waals surface area contributed by atoms with Gasteiger partial charge >= 0.3 is 19.1 Å². The first-order valence-corrected chi connectivity index (χ1v) is 10.5. The molecule has 0 unspecified atom stereocenters. The quantitative estimate of drug-likeness (QED) is 0.393. The minimum atomic E-state index is -2.29. The van der Waals surface area contributed by atoms with Crippen molar-refractivity contribution in [3.8, 4) is 0 Å². The molecule has 2 heterocycles. The van der Waals surface area contributed by atoms with E-state index in [1.807, 2.05) is 0 Å². The van der Waals surface area contributed by atoms with Gasteiger partial charge in [-0.3, -0.25) is 0 Å². The molecule has 0 radical (unpaired) electrons. The first kappa shape index (κ1) is 23.6. The Morgan fingerprint density at radius 1 is 1.09 bits per heavy atom. The van der Waals surface area contributed by atoms with Gasteiger partial charge in [-0.15, -0.1) is 0 Å². The van der Waals surface area contributed by atoms with Gasteiger partial charge < -0.3 is 28.8 Å². The van der Waals surface area contributed by atoms with Gasteiger partial charge in [0.25, 0.3) is 0 Å². The van der Waals surface area contributed by atoms with Crippen molar-refractivity contribution >= 4 is 24.7 Å². The molecule has 0 bridgehead atoms. The van der Waals surface area contributed by atoms with Crippen LogP contribution in [-0.2, 0) is 14.2 Å². The predicted molar refractivity (Wildman–Crippen MR) is 118 cm³/mol. The van der Waals surface area contributed by atoms with Crippen molar-refractivity contribution in [2.75, 3.05) is 6.61 Å². The van der Waals surface area contributed by atoms with Crippen molar-refractivity contribution in [3.05, 3.63) is 84.3 Å². The van der Waals surface area contributed by atoms with Crippen molar-refractivity contribution < 1.29 is 38.2 Å². The first-order chi connectivity index (χ1) is 16.3. The van der Waals surface area contributed by atoms with Crippen molar-refractivity contribution in [1.29, 1.82) is 0 Å². The first-order valence-electron chi connectivity index (χ1n) is 10.5. The molecule has 9 nitrogen and oxygen atoms in total. The molecule has 1 saturated heterocycles. The third-order valence-corrected chi connectivity index (χ3v) is 5.47. The van der Waals surface area contributed by atoms with Gasteiger partial charge in [0, 0.05) is 6.20 Å². The number of hydrogen-bond acceptors (Lipinski definition) is 8. The monoisotopic (exact) mass is 468 g/mol. The van der Waals surface area contributed by atoms with Crippen LogP contribution >= 0.6 is 0 Å². The molecule has 0 saturated carbocycles. The fourth-order valence-electron chi connectivity index (χ4n) is 3.74. The Morgan fingerprint density at radius 2 is 1.68 bits per heavy atom. The van der Waals surface area contributed by atoms with Crippen LogP contribution < -0.4 is 5.59 Å². The summed E-state index contributed by atoms with van der Waals surface area (Å²) in [6.45, 7) is 0.801. The minimum absolute atomic E-state index is 0.115. The average Bonchev–Trinajstić information content (AvgIpc) is 3.42. The Morgan fingerprint density at radius 3 is 2.24 bits per heavy atom. The average molecular weight is 468 g/mol. The summed E-state index contributed by atoms with van der Waals surface area (Å²) in [6, 6.07) is 16.3. The summed E-state index contributed by atoms with van der Waals surface area (Å²) >= 11 is 0. The largest absolute Gasteiger partial charge is 0.509 e. The molecule has 2 aromatic carbocycles. The van der Waals surface area contributed by atoms with E-state index in [0.29, 0.717) is 5.56 Å². The van der Waals surface area contributed by atoms with Gasteiger partial charge in [-0.1, -0.05) is 36.4 Å². The van der Waals surface area contributed by atoms with Gasteiger partial charge in [0.1, 0.15) is 12.7 Å². The topological polar surface area (TPSA) is 120 Å². The molecule has 0 amide bonds. The number of nitrogens with zero attached hydrogens (tertiary/aromatic N) is 2. The number of ether oxygens (including phenoxy) is 3. The lowest BCUT2D eigenvalue weighted by molar-refractivity contribution is -0.0627. The Bertz CT molecular complexity index is 1140. The maximum Gasteiger partial charge on any atom is 0.509 e. The summed E-state index contributed by atoms with van der Waals surface area (Å²) < 4.78 is 34.0. The molecule has 0 aliphatic carbocycles. The van der Waals surface area contributed by atoms with Crippen LogP contribution in [0.4, 0.5) is 4.39 Å². The van der Waals surface area contributed by atoms with E-state index in [-0.39, 0.29) is 17.8 Å². The zero-order valence-corrected chi connectivity index (χ0v) is 18.2. The molecule has 1 fully saturated rings. The third-order valence-electron chi connectivity index (χ3n) is 5.47. The van der Waals surface area contributed by atoms with Gasteiger partial charge in [-0.25, -0.2) is 19.0 Å². The van der Waals surface area contributed by atoms with Crippen LogP contribution in [0.25, 0.3) is 0 Å². The second-order valence-electron chi connectivity index (χ2n) is 7.95. The highest BCUT2D eigenvalue weighted by Gasteiger charge is 2.58. The minimum Gasteiger partial charge on any atom is -0.459 e. The molecule has 1 aromatic heterocycles. The summed E-state index contributed by atoms with van der Waals surface area (Å²) in [6.07, 6.45) is -1.56. The molecule has 3 aromatic rings. The van der Waals surface area contributed by atoms with Gasteiger partial charge in [0.2, 0.25) is 0 Å². The summed E-state index contributed by atoms with van der Waals surface area (Å²) in [5.74, 6) is -1.41. The number of carbonyl (C=O) groups is 2. The van der Waals surface area contributed by atoms with E-state index in [2.05, 4.69) is 4.98 Å². The Labute approximate surface area is 194 Å². The van der Waals surface area contributed by atoms with Crippen LogP contribution in [0.1, 0.15) is 33.9 Å². The number of aromatic nitrogens is 2. The SMILES string of the molecule is C[C@@]1(F)[C@H](OC(=O)c2ccccc2)[C@@H](COC(=O)c2ccccc2)O[C@H]1n1cnc(B(O)O)c1. The highest BCUT2D eigenvalue weighted by molar-refractivity contribution is 6.57.